The number of carbonyl (C=O) groups is 1. The molecular weight excluding hydrogens is 154 g/mol. The first-order valence-electron chi connectivity index (χ1n) is 3.66. The van der Waals surface area contributed by atoms with Gasteiger partial charge >= 0.3 is 0 Å². The Balaban J connectivity index is 3.08. The van der Waals surface area contributed by atoms with Gasteiger partial charge in [-0.25, -0.2) is 5.48 Å². The second-order valence-electron chi connectivity index (χ2n) is 2.82. The Hall–Kier alpha value is -1.35. The molecule has 0 aliphatic carbocycles. The van der Waals surface area contributed by atoms with Crippen LogP contribution < -0.4 is 5.48 Å². The number of carbonyl (C=O) groups excluding carboxylic acids is 1. The molecule has 0 bridgehead atoms. The molecule has 0 heterocycles. The zero-order chi connectivity index (χ0) is 9.14. The second kappa shape index (κ2) is 3.36. The molecule has 1 amide bonds. The Morgan fingerprint density at radius 2 is 1.75 bits per heavy atom. The highest BCUT2D eigenvalue weighted by atomic mass is 16.5. The summed E-state index contributed by atoms with van der Waals surface area (Å²) in [5.74, 6) is -0.471. The monoisotopic (exact) mass is 165 g/mol. The van der Waals surface area contributed by atoms with Gasteiger partial charge < -0.3 is 0 Å². The van der Waals surface area contributed by atoms with Gasteiger partial charge in [0.15, 0.2) is 0 Å². The number of nitrogens with one attached hydrogen (secondary N) is 1. The molecule has 1 aromatic rings. The van der Waals surface area contributed by atoms with Crippen LogP contribution in [-0.2, 0) is 0 Å². The van der Waals surface area contributed by atoms with Gasteiger partial charge in [0.05, 0.1) is 0 Å². The number of amides is 1. The maximum absolute atomic E-state index is 11.0. The van der Waals surface area contributed by atoms with E-state index < -0.39 is 5.91 Å². The minimum atomic E-state index is -0.471. The van der Waals surface area contributed by atoms with Crippen molar-refractivity contribution in [3.63, 3.8) is 0 Å². The topological polar surface area (TPSA) is 49.3 Å². The van der Waals surface area contributed by atoms with E-state index in [1.165, 1.54) is 0 Å². The van der Waals surface area contributed by atoms with Gasteiger partial charge in [-0.15, -0.1) is 0 Å². The normalized spacial score (nSPS) is 9.58. The molecule has 0 saturated carbocycles. The average molecular weight is 165 g/mol. The van der Waals surface area contributed by atoms with Crippen LogP contribution in [0, 0.1) is 13.8 Å². The lowest BCUT2D eigenvalue weighted by atomic mass is 10.1. The predicted molar refractivity (Wildman–Crippen MR) is 45.2 cm³/mol. The van der Waals surface area contributed by atoms with Crippen molar-refractivity contribution in [3.05, 3.63) is 34.9 Å². The smallest absolute Gasteiger partial charge is 0.274 e. The van der Waals surface area contributed by atoms with Crippen molar-refractivity contribution in [2.75, 3.05) is 0 Å². The Kier molecular flexibility index (Phi) is 2.45. The summed E-state index contributed by atoms with van der Waals surface area (Å²) in [5.41, 5.74) is 4.09. The Labute approximate surface area is 71.0 Å². The van der Waals surface area contributed by atoms with Gasteiger partial charge in [-0.2, -0.15) is 0 Å². The molecule has 3 heteroatoms. The van der Waals surface area contributed by atoms with Crippen LogP contribution >= 0.6 is 0 Å². The fraction of sp³-hybridized carbons (Fsp3) is 0.222. The summed E-state index contributed by atoms with van der Waals surface area (Å²) < 4.78 is 0. The molecule has 0 unspecified atom stereocenters. The van der Waals surface area contributed by atoms with Crippen LogP contribution in [0.1, 0.15) is 21.5 Å². The fourth-order valence-corrected chi connectivity index (χ4v) is 1.17. The van der Waals surface area contributed by atoms with Crippen molar-refractivity contribution < 1.29 is 10.0 Å². The summed E-state index contributed by atoms with van der Waals surface area (Å²) in [6, 6.07) is 5.41. The van der Waals surface area contributed by atoms with Gasteiger partial charge in [0.2, 0.25) is 0 Å². The Morgan fingerprint density at radius 1 is 1.25 bits per heavy atom. The van der Waals surface area contributed by atoms with E-state index in [4.69, 9.17) is 5.21 Å². The third-order valence-corrected chi connectivity index (χ3v) is 1.59. The van der Waals surface area contributed by atoms with Gasteiger partial charge in [0, 0.05) is 5.56 Å². The zero-order valence-electron chi connectivity index (χ0n) is 7.09. The molecule has 1 rings (SSSR count). The van der Waals surface area contributed by atoms with E-state index in [2.05, 4.69) is 0 Å². The zero-order valence-corrected chi connectivity index (χ0v) is 7.09. The minimum Gasteiger partial charge on any atom is -0.288 e. The molecule has 0 aliphatic rings. The minimum absolute atomic E-state index is 0.471. The summed E-state index contributed by atoms with van der Waals surface area (Å²) in [6.45, 7) is 3.81. The number of aryl methyl sites for hydroxylation is 2. The van der Waals surface area contributed by atoms with Crippen LogP contribution in [0.3, 0.4) is 0 Å². The van der Waals surface area contributed by atoms with E-state index in [0.717, 1.165) is 11.1 Å². The first kappa shape index (κ1) is 8.74. The Bertz CT molecular complexity index is 287. The molecule has 0 saturated heterocycles. The SMILES string of the molecule is Cc1cc(C)cc(C(=O)NO)c1. The van der Waals surface area contributed by atoms with Gasteiger partial charge in [0.25, 0.3) is 5.91 Å². The van der Waals surface area contributed by atoms with Crippen LogP contribution in [0.2, 0.25) is 0 Å². The van der Waals surface area contributed by atoms with E-state index in [1.54, 1.807) is 17.6 Å². The molecule has 0 fully saturated rings. The molecule has 0 atom stereocenters. The molecule has 64 valence electrons. The third kappa shape index (κ3) is 1.83. The van der Waals surface area contributed by atoms with Crippen LogP contribution in [0.25, 0.3) is 0 Å². The lowest BCUT2D eigenvalue weighted by Crippen LogP contribution is -2.18. The lowest BCUT2D eigenvalue weighted by Gasteiger charge is -2.01. The van der Waals surface area contributed by atoms with Crippen LogP contribution in [0.4, 0.5) is 0 Å². The van der Waals surface area contributed by atoms with Crippen molar-refractivity contribution >= 4 is 5.91 Å². The summed E-state index contributed by atoms with van der Waals surface area (Å²) in [7, 11) is 0. The van der Waals surface area contributed by atoms with Gasteiger partial charge in [-0.05, 0) is 26.0 Å². The molecule has 0 spiro atoms. The van der Waals surface area contributed by atoms with Crippen molar-refractivity contribution in [2.45, 2.75) is 13.8 Å². The molecule has 3 nitrogen and oxygen atoms in total. The van der Waals surface area contributed by atoms with Crippen molar-refractivity contribution in [3.8, 4) is 0 Å². The third-order valence-electron chi connectivity index (χ3n) is 1.59. The highest BCUT2D eigenvalue weighted by molar-refractivity contribution is 5.93. The van der Waals surface area contributed by atoms with E-state index in [-0.39, 0.29) is 0 Å². The standard InChI is InChI=1S/C9H11NO2/c1-6-3-7(2)5-8(4-6)9(11)10-12/h3-5,12H,1-2H3,(H,10,11). The molecule has 0 aromatic heterocycles. The quantitative estimate of drug-likeness (QED) is 0.488. The summed E-state index contributed by atoms with van der Waals surface area (Å²) in [5, 5.41) is 8.37. The van der Waals surface area contributed by atoms with Crippen LogP contribution in [-0.4, -0.2) is 11.1 Å². The van der Waals surface area contributed by atoms with Crippen molar-refractivity contribution in [1.82, 2.24) is 5.48 Å². The molecule has 0 aliphatic heterocycles. The number of hydrogen-bond acceptors (Lipinski definition) is 2. The Morgan fingerprint density at radius 3 is 2.17 bits per heavy atom. The van der Waals surface area contributed by atoms with E-state index in [9.17, 15) is 4.79 Å². The van der Waals surface area contributed by atoms with Crippen molar-refractivity contribution in [2.24, 2.45) is 0 Å². The maximum Gasteiger partial charge on any atom is 0.274 e. The van der Waals surface area contributed by atoms with Gasteiger partial charge in [0.1, 0.15) is 0 Å². The highest BCUT2D eigenvalue weighted by Crippen LogP contribution is 2.08. The predicted octanol–water partition coefficient (Wildman–Crippen LogP) is 1.42. The molecule has 0 radical (unpaired) electrons. The fourth-order valence-electron chi connectivity index (χ4n) is 1.17. The molecule has 2 N–H and O–H groups in total. The van der Waals surface area contributed by atoms with E-state index in [0.29, 0.717) is 5.56 Å². The first-order chi connectivity index (χ1) is 5.63. The van der Waals surface area contributed by atoms with Crippen LogP contribution in [0.5, 0.6) is 0 Å². The molecular formula is C9H11NO2. The van der Waals surface area contributed by atoms with E-state index >= 15 is 0 Å². The second-order valence-corrected chi connectivity index (χ2v) is 2.82. The highest BCUT2D eigenvalue weighted by Gasteiger charge is 2.03. The van der Waals surface area contributed by atoms with Crippen molar-refractivity contribution in [1.29, 1.82) is 0 Å². The summed E-state index contributed by atoms with van der Waals surface area (Å²) >= 11 is 0. The number of hydroxylamine groups is 1. The average Bonchev–Trinajstić information content (AvgIpc) is 2.01. The van der Waals surface area contributed by atoms with Gasteiger partial charge in [-0.3, -0.25) is 10.0 Å². The largest absolute Gasteiger partial charge is 0.288 e. The lowest BCUT2D eigenvalue weighted by molar-refractivity contribution is 0.0706. The number of benzene rings is 1. The van der Waals surface area contributed by atoms with E-state index in [1.807, 2.05) is 19.9 Å². The number of rotatable bonds is 1. The first-order valence-corrected chi connectivity index (χ1v) is 3.66. The van der Waals surface area contributed by atoms with Gasteiger partial charge in [-0.1, -0.05) is 17.2 Å². The summed E-state index contributed by atoms with van der Waals surface area (Å²) in [6.07, 6.45) is 0. The maximum atomic E-state index is 11.0. The molecule has 12 heavy (non-hydrogen) atoms. The molecule has 1 aromatic carbocycles. The van der Waals surface area contributed by atoms with Crippen LogP contribution in [0.15, 0.2) is 18.2 Å². The number of hydrogen-bond donors (Lipinski definition) is 2. The summed E-state index contributed by atoms with van der Waals surface area (Å²) in [4.78, 5) is 11.0.